The highest BCUT2D eigenvalue weighted by atomic mass is 35.5. The number of halogens is 2. The average Bonchev–Trinajstić information content (AvgIpc) is 2.38. The Morgan fingerprint density at radius 1 is 1.37 bits per heavy atom. The van der Waals surface area contributed by atoms with Gasteiger partial charge in [0.25, 0.3) is 0 Å². The molecule has 3 atom stereocenters. The maximum Gasteiger partial charge on any atom is 0.128 e. The molecule has 1 aliphatic rings. The van der Waals surface area contributed by atoms with Gasteiger partial charge in [-0.3, -0.25) is 0 Å². The molecule has 2 rings (SSSR count). The lowest BCUT2D eigenvalue weighted by Gasteiger charge is -2.40. The van der Waals surface area contributed by atoms with E-state index in [1.165, 1.54) is 12.1 Å². The van der Waals surface area contributed by atoms with Gasteiger partial charge < -0.3 is 14.2 Å². The summed E-state index contributed by atoms with van der Waals surface area (Å²) in [5, 5.41) is -0.0595. The van der Waals surface area contributed by atoms with E-state index in [4.69, 9.17) is 25.8 Å². The van der Waals surface area contributed by atoms with Gasteiger partial charge in [-0.15, -0.1) is 11.6 Å². The Hall–Kier alpha value is -0.840. The topological polar surface area (TPSA) is 27.7 Å². The number of benzene rings is 1. The highest BCUT2D eigenvalue weighted by molar-refractivity contribution is 6.21. The van der Waals surface area contributed by atoms with Crippen LogP contribution >= 0.6 is 11.6 Å². The Morgan fingerprint density at radius 2 is 2.16 bits per heavy atom. The molecule has 1 fully saturated rings. The van der Waals surface area contributed by atoms with Crippen LogP contribution in [0, 0.1) is 12.7 Å². The van der Waals surface area contributed by atoms with Crippen molar-refractivity contribution >= 4 is 11.6 Å². The number of rotatable bonds is 6. The van der Waals surface area contributed by atoms with Crippen molar-refractivity contribution in [3.63, 3.8) is 0 Å². The normalized spacial score (nSPS) is 26.0. The van der Waals surface area contributed by atoms with Crippen LogP contribution in [0.1, 0.15) is 12.0 Å². The second-order valence-electron chi connectivity index (χ2n) is 4.65. The molecular formula is C14H18ClFO3. The van der Waals surface area contributed by atoms with E-state index < -0.39 is 0 Å². The van der Waals surface area contributed by atoms with Gasteiger partial charge >= 0.3 is 0 Å². The van der Waals surface area contributed by atoms with E-state index in [1.807, 2.05) is 6.92 Å². The summed E-state index contributed by atoms with van der Waals surface area (Å²) in [4.78, 5) is 0. The Labute approximate surface area is 117 Å². The van der Waals surface area contributed by atoms with E-state index in [-0.39, 0.29) is 23.4 Å². The van der Waals surface area contributed by atoms with Gasteiger partial charge in [-0.1, -0.05) is 6.07 Å². The molecule has 0 amide bonds. The summed E-state index contributed by atoms with van der Waals surface area (Å²) in [6, 6.07) is 4.51. The van der Waals surface area contributed by atoms with E-state index in [0.717, 1.165) is 5.56 Å². The molecule has 0 aliphatic heterocycles. The molecule has 0 spiro atoms. The summed E-state index contributed by atoms with van der Waals surface area (Å²) < 4.78 is 29.5. The first-order valence-electron chi connectivity index (χ1n) is 6.29. The van der Waals surface area contributed by atoms with Gasteiger partial charge in [0.15, 0.2) is 0 Å². The molecule has 0 saturated heterocycles. The van der Waals surface area contributed by atoms with Gasteiger partial charge in [0, 0.05) is 19.6 Å². The monoisotopic (exact) mass is 288 g/mol. The van der Waals surface area contributed by atoms with Crippen molar-refractivity contribution in [1.82, 2.24) is 0 Å². The van der Waals surface area contributed by atoms with Crippen molar-refractivity contribution in [3.05, 3.63) is 29.6 Å². The fraction of sp³-hybridized carbons (Fsp3) is 0.571. The second-order valence-corrected chi connectivity index (χ2v) is 5.21. The minimum absolute atomic E-state index is 0.0595. The Bertz CT molecular complexity index is 427. The van der Waals surface area contributed by atoms with Crippen molar-refractivity contribution in [2.45, 2.75) is 30.9 Å². The Kier molecular flexibility index (Phi) is 5.02. The molecule has 1 saturated carbocycles. The molecule has 1 aromatic rings. The van der Waals surface area contributed by atoms with Crippen LogP contribution in [0.25, 0.3) is 0 Å². The van der Waals surface area contributed by atoms with Gasteiger partial charge in [-0.05, 0) is 18.6 Å². The first-order chi connectivity index (χ1) is 9.11. The highest BCUT2D eigenvalue weighted by Gasteiger charge is 2.43. The predicted octanol–water partition coefficient (Wildman–Crippen LogP) is 2.92. The van der Waals surface area contributed by atoms with Gasteiger partial charge in [-0.2, -0.15) is 0 Å². The number of hydrogen-bond donors (Lipinski definition) is 0. The largest absolute Gasteiger partial charge is 0.487 e. The predicted molar refractivity (Wildman–Crippen MR) is 71.4 cm³/mol. The third kappa shape index (κ3) is 3.59. The smallest absolute Gasteiger partial charge is 0.128 e. The average molecular weight is 289 g/mol. The summed E-state index contributed by atoms with van der Waals surface area (Å²) in [5.74, 6) is 0.244. The molecule has 3 unspecified atom stereocenters. The lowest BCUT2D eigenvalue weighted by Crippen LogP contribution is -2.53. The summed E-state index contributed by atoms with van der Waals surface area (Å²) >= 11 is 6.11. The van der Waals surface area contributed by atoms with Gasteiger partial charge in [0.05, 0.1) is 18.6 Å². The fourth-order valence-electron chi connectivity index (χ4n) is 1.99. The highest BCUT2D eigenvalue weighted by Crippen LogP contribution is 2.34. The molecule has 0 heterocycles. The van der Waals surface area contributed by atoms with E-state index in [2.05, 4.69) is 0 Å². The maximum atomic E-state index is 13.2. The minimum Gasteiger partial charge on any atom is -0.487 e. The van der Waals surface area contributed by atoms with Crippen LogP contribution in [-0.4, -0.2) is 37.9 Å². The summed E-state index contributed by atoms with van der Waals surface area (Å²) in [5.41, 5.74) is 0.898. The van der Waals surface area contributed by atoms with Crippen LogP contribution in [0.15, 0.2) is 18.2 Å². The molecule has 5 heteroatoms. The minimum atomic E-state index is -0.306. The zero-order valence-electron chi connectivity index (χ0n) is 11.1. The van der Waals surface area contributed by atoms with Crippen LogP contribution < -0.4 is 4.74 Å². The van der Waals surface area contributed by atoms with Crippen LogP contribution in [0.4, 0.5) is 4.39 Å². The number of methoxy groups -OCH3 is 1. The van der Waals surface area contributed by atoms with Crippen LogP contribution in [0.3, 0.4) is 0 Å². The Morgan fingerprint density at radius 3 is 2.84 bits per heavy atom. The van der Waals surface area contributed by atoms with Crippen molar-refractivity contribution in [1.29, 1.82) is 0 Å². The van der Waals surface area contributed by atoms with Crippen LogP contribution in [-0.2, 0) is 9.47 Å². The number of ether oxygens (including phenoxy) is 3. The standard InChI is InChI=1S/C14H18ClFO3/c1-9-3-4-10(16)7-12(9)19-13-8-11(15)14(13)18-6-5-17-2/h3-4,7,11,13-14H,5-6,8H2,1-2H3. The van der Waals surface area contributed by atoms with E-state index in [9.17, 15) is 4.39 Å². The van der Waals surface area contributed by atoms with Crippen molar-refractivity contribution in [2.75, 3.05) is 20.3 Å². The van der Waals surface area contributed by atoms with E-state index in [0.29, 0.717) is 25.4 Å². The number of hydrogen-bond acceptors (Lipinski definition) is 3. The number of alkyl halides is 1. The lowest BCUT2D eigenvalue weighted by atomic mass is 9.91. The van der Waals surface area contributed by atoms with E-state index >= 15 is 0 Å². The molecule has 0 N–H and O–H groups in total. The third-order valence-corrected chi connectivity index (χ3v) is 3.63. The summed E-state index contributed by atoms with van der Waals surface area (Å²) in [6.07, 6.45) is 0.411. The van der Waals surface area contributed by atoms with Crippen LogP contribution in [0.2, 0.25) is 0 Å². The van der Waals surface area contributed by atoms with Crippen molar-refractivity contribution < 1.29 is 18.6 Å². The molecule has 1 aliphatic carbocycles. The van der Waals surface area contributed by atoms with Gasteiger partial charge in [-0.25, -0.2) is 4.39 Å². The molecule has 1 aromatic carbocycles. The van der Waals surface area contributed by atoms with Gasteiger partial charge in [0.1, 0.15) is 23.8 Å². The first kappa shape index (κ1) is 14.6. The number of aryl methyl sites for hydroxylation is 1. The zero-order valence-corrected chi connectivity index (χ0v) is 11.8. The SMILES string of the molecule is COCCOC1C(Cl)CC1Oc1cc(F)ccc1C. The third-order valence-electron chi connectivity index (χ3n) is 3.21. The zero-order chi connectivity index (χ0) is 13.8. The molecule has 19 heavy (non-hydrogen) atoms. The van der Waals surface area contributed by atoms with Crippen LogP contribution in [0.5, 0.6) is 5.75 Å². The molecule has 3 nitrogen and oxygen atoms in total. The summed E-state index contributed by atoms with van der Waals surface area (Å²) in [7, 11) is 1.62. The quantitative estimate of drug-likeness (QED) is 0.595. The molecule has 0 bridgehead atoms. The molecule has 106 valence electrons. The second kappa shape index (κ2) is 6.55. The van der Waals surface area contributed by atoms with E-state index in [1.54, 1.807) is 13.2 Å². The van der Waals surface area contributed by atoms with Crippen molar-refractivity contribution in [2.24, 2.45) is 0 Å². The lowest BCUT2D eigenvalue weighted by molar-refractivity contribution is -0.0900. The molecule has 0 radical (unpaired) electrons. The molecular weight excluding hydrogens is 271 g/mol. The first-order valence-corrected chi connectivity index (χ1v) is 6.73. The fourth-order valence-corrected chi connectivity index (χ4v) is 2.40. The molecule has 0 aromatic heterocycles. The maximum absolute atomic E-state index is 13.2. The summed E-state index contributed by atoms with van der Waals surface area (Å²) in [6.45, 7) is 2.88. The van der Waals surface area contributed by atoms with Gasteiger partial charge in [0.2, 0.25) is 0 Å². The Balaban J connectivity index is 1.93. The van der Waals surface area contributed by atoms with Crippen molar-refractivity contribution in [3.8, 4) is 5.75 Å².